The standard InChI is InChI=1S/C28H29F2N5O3/c29-18-6-7-19(21(30)13-18)23-14-24(38-34-23)27(37)32-22-8-12-35(15-17-4-5-17)16-20(22)26(36)33-28(9-10-28)25-3-1-2-11-31-25/h1-3,6-7,11,13-14,17,20,22H,4-5,8-10,12,15-16H2,(H,32,37)(H,33,36)/t20-,22-/m1/s1. The minimum absolute atomic E-state index is 0.0316. The van der Waals surface area contributed by atoms with Crippen molar-refractivity contribution in [3.05, 3.63) is 71.8 Å². The third kappa shape index (κ3) is 5.18. The second kappa shape index (κ2) is 9.90. The molecule has 1 aliphatic heterocycles. The summed E-state index contributed by atoms with van der Waals surface area (Å²) in [6.45, 7) is 2.29. The molecule has 0 bridgehead atoms. The van der Waals surface area contributed by atoms with E-state index in [0.717, 1.165) is 43.8 Å². The van der Waals surface area contributed by atoms with Crippen LogP contribution in [0.15, 0.2) is 53.2 Å². The van der Waals surface area contributed by atoms with E-state index >= 15 is 0 Å². The number of pyridine rings is 1. The van der Waals surface area contributed by atoms with Crippen molar-refractivity contribution in [2.45, 2.75) is 43.7 Å². The average molecular weight is 522 g/mol. The summed E-state index contributed by atoms with van der Waals surface area (Å²) >= 11 is 0. The van der Waals surface area contributed by atoms with Crippen LogP contribution in [0.5, 0.6) is 0 Å². The van der Waals surface area contributed by atoms with E-state index in [-0.39, 0.29) is 22.9 Å². The van der Waals surface area contributed by atoms with Crippen LogP contribution in [0.2, 0.25) is 0 Å². The molecule has 3 aliphatic rings. The summed E-state index contributed by atoms with van der Waals surface area (Å²) in [4.78, 5) is 33.5. The van der Waals surface area contributed by atoms with E-state index in [1.54, 1.807) is 6.20 Å². The van der Waals surface area contributed by atoms with E-state index in [4.69, 9.17) is 4.52 Å². The van der Waals surface area contributed by atoms with Gasteiger partial charge < -0.3 is 20.1 Å². The fourth-order valence-corrected chi connectivity index (χ4v) is 5.28. The highest BCUT2D eigenvalue weighted by molar-refractivity contribution is 5.93. The van der Waals surface area contributed by atoms with Gasteiger partial charge in [0.25, 0.3) is 5.91 Å². The molecule has 1 saturated heterocycles. The highest BCUT2D eigenvalue weighted by Gasteiger charge is 2.49. The summed E-state index contributed by atoms with van der Waals surface area (Å²) < 4.78 is 32.6. The van der Waals surface area contributed by atoms with Crippen LogP contribution in [-0.4, -0.2) is 52.5 Å². The second-order valence-electron chi connectivity index (χ2n) is 10.7. The minimum atomic E-state index is -0.799. The Kier molecular flexibility index (Phi) is 6.43. The van der Waals surface area contributed by atoms with Crippen molar-refractivity contribution in [1.82, 2.24) is 25.7 Å². The number of benzene rings is 1. The molecule has 3 fully saturated rings. The van der Waals surface area contributed by atoms with Crippen molar-refractivity contribution in [2.24, 2.45) is 11.8 Å². The zero-order valence-corrected chi connectivity index (χ0v) is 20.8. The smallest absolute Gasteiger partial charge is 0.290 e. The van der Waals surface area contributed by atoms with Gasteiger partial charge in [0.1, 0.15) is 17.3 Å². The van der Waals surface area contributed by atoms with Crippen LogP contribution in [0.25, 0.3) is 11.3 Å². The van der Waals surface area contributed by atoms with Crippen LogP contribution in [0, 0.1) is 23.5 Å². The summed E-state index contributed by atoms with van der Waals surface area (Å²) in [5, 5.41) is 9.99. The minimum Gasteiger partial charge on any atom is -0.350 e. The van der Waals surface area contributed by atoms with Gasteiger partial charge in [-0.2, -0.15) is 0 Å². The van der Waals surface area contributed by atoms with Gasteiger partial charge in [-0.1, -0.05) is 11.2 Å². The molecule has 2 aliphatic carbocycles. The van der Waals surface area contributed by atoms with E-state index in [0.29, 0.717) is 18.9 Å². The zero-order valence-electron chi connectivity index (χ0n) is 20.8. The molecule has 6 rings (SSSR count). The molecule has 2 atom stereocenters. The number of amides is 2. The Hall–Kier alpha value is -3.66. The Morgan fingerprint density at radius 3 is 2.66 bits per heavy atom. The average Bonchev–Trinajstić information content (AvgIpc) is 3.84. The normalized spacial score (nSPS) is 22.6. The Morgan fingerprint density at radius 2 is 1.95 bits per heavy atom. The van der Waals surface area contributed by atoms with Crippen molar-refractivity contribution < 1.29 is 22.9 Å². The molecule has 198 valence electrons. The van der Waals surface area contributed by atoms with E-state index in [9.17, 15) is 18.4 Å². The molecule has 10 heteroatoms. The first-order chi connectivity index (χ1) is 18.4. The lowest BCUT2D eigenvalue weighted by atomic mass is 9.90. The van der Waals surface area contributed by atoms with Crippen LogP contribution in [0.1, 0.15) is 48.4 Å². The highest BCUT2D eigenvalue weighted by Crippen LogP contribution is 2.45. The molecule has 3 aromatic rings. The molecule has 0 radical (unpaired) electrons. The quantitative estimate of drug-likeness (QED) is 0.470. The lowest BCUT2D eigenvalue weighted by Crippen LogP contribution is -2.57. The van der Waals surface area contributed by atoms with Gasteiger partial charge in [0.15, 0.2) is 0 Å². The van der Waals surface area contributed by atoms with Gasteiger partial charge in [0.05, 0.1) is 17.2 Å². The molecule has 2 N–H and O–H groups in total. The van der Waals surface area contributed by atoms with Crippen LogP contribution in [0.3, 0.4) is 0 Å². The van der Waals surface area contributed by atoms with Crippen molar-refractivity contribution in [2.75, 3.05) is 19.6 Å². The third-order valence-electron chi connectivity index (χ3n) is 7.77. The molecule has 3 heterocycles. The van der Waals surface area contributed by atoms with Crippen LogP contribution in [0.4, 0.5) is 8.78 Å². The monoisotopic (exact) mass is 521 g/mol. The lowest BCUT2D eigenvalue weighted by Gasteiger charge is -2.38. The zero-order chi connectivity index (χ0) is 26.3. The van der Waals surface area contributed by atoms with Crippen molar-refractivity contribution in [1.29, 1.82) is 0 Å². The Bertz CT molecular complexity index is 1340. The summed E-state index contributed by atoms with van der Waals surface area (Å²) in [5.74, 6) is -2.01. The molecule has 0 spiro atoms. The Balaban J connectivity index is 1.17. The maximum atomic E-state index is 14.2. The Morgan fingerprint density at radius 1 is 1.11 bits per heavy atom. The van der Waals surface area contributed by atoms with Gasteiger partial charge >= 0.3 is 0 Å². The second-order valence-corrected chi connectivity index (χ2v) is 10.7. The Labute approximate surface area is 218 Å². The number of likely N-dealkylation sites (tertiary alicyclic amines) is 1. The molecule has 8 nitrogen and oxygen atoms in total. The summed E-state index contributed by atoms with van der Waals surface area (Å²) in [7, 11) is 0. The number of piperidine rings is 1. The number of hydrogen-bond acceptors (Lipinski definition) is 6. The van der Waals surface area contributed by atoms with E-state index in [1.807, 2.05) is 18.2 Å². The number of carbonyl (C=O) groups is 2. The molecule has 2 saturated carbocycles. The summed E-state index contributed by atoms with van der Waals surface area (Å²) in [5.41, 5.74) is 0.517. The maximum absolute atomic E-state index is 14.2. The topological polar surface area (TPSA) is 100 Å². The molecule has 2 amide bonds. The molecule has 38 heavy (non-hydrogen) atoms. The van der Waals surface area contributed by atoms with Crippen molar-refractivity contribution in [3.63, 3.8) is 0 Å². The van der Waals surface area contributed by atoms with Crippen LogP contribution >= 0.6 is 0 Å². The van der Waals surface area contributed by atoms with Gasteiger partial charge in [-0.15, -0.1) is 0 Å². The van der Waals surface area contributed by atoms with Crippen LogP contribution < -0.4 is 10.6 Å². The fraction of sp³-hybridized carbons (Fsp3) is 0.429. The van der Waals surface area contributed by atoms with E-state index < -0.39 is 35.0 Å². The van der Waals surface area contributed by atoms with Crippen LogP contribution in [-0.2, 0) is 10.3 Å². The number of rotatable bonds is 8. The van der Waals surface area contributed by atoms with Gasteiger partial charge in [-0.05, 0) is 62.3 Å². The first-order valence-corrected chi connectivity index (χ1v) is 13.1. The fourth-order valence-electron chi connectivity index (χ4n) is 5.28. The number of carbonyl (C=O) groups excluding carboxylic acids is 2. The van der Waals surface area contributed by atoms with Gasteiger partial charge in [-0.25, -0.2) is 8.78 Å². The van der Waals surface area contributed by atoms with Gasteiger partial charge in [-0.3, -0.25) is 14.6 Å². The molecule has 0 unspecified atom stereocenters. The maximum Gasteiger partial charge on any atom is 0.290 e. The van der Waals surface area contributed by atoms with E-state index in [2.05, 4.69) is 25.7 Å². The third-order valence-corrected chi connectivity index (χ3v) is 7.77. The van der Waals surface area contributed by atoms with Crippen molar-refractivity contribution >= 4 is 11.8 Å². The molecular formula is C28H29F2N5O3. The number of aromatic nitrogens is 2. The van der Waals surface area contributed by atoms with Gasteiger partial charge in [0.2, 0.25) is 11.7 Å². The molecule has 2 aromatic heterocycles. The first-order valence-electron chi connectivity index (χ1n) is 13.1. The lowest BCUT2D eigenvalue weighted by molar-refractivity contribution is -0.128. The summed E-state index contributed by atoms with van der Waals surface area (Å²) in [6.07, 6.45) is 6.43. The predicted molar refractivity (Wildman–Crippen MR) is 134 cm³/mol. The SMILES string of the molecule is O=C(N[C@@H]1CCN(CC2CC2)C[C@H]1C(=O)NC1(c2ccccn2)CC1)c1cc(-c2ccc(F)cc2F)no1. The number of hydrogen-bond donors (Lipinski definition) is 2. The molecular weight excluding hydrogens is 492 g/mol. The summed E-state index contributed by atoms with van der Waals surface area (Å²) in [6, 6.07) is 9.72. The van der Waals surface area contributed by atoms with E-state index in [1.165, 1.54) is 25.0 Å². The number of nitrogens with one attached hydrogen (secondary N) is 2. The van der Waals surface area contributed by atoms with Gasteiger partial charge in [0, 0.05) is 49.6 Å². The predicted octanol–water partition coefficient (Wildman–Crippen LogP) is 3.65. The highest BCUT2D eigenvalue weighted by atomic mass is 19.1. The number of halogens is 2. The number of nitrogens with zero attached hydrogens (tertiary/aromatic N) is 3. The largest absolute Gasteiger partial charge is 0.350 e. The molecule has 1 aromatic carbocycles. The van der Waals surface area contributed by atoms with Crippen molar-refractivity contribution in [3.8, 4) is 11.3 Å². The first kappa shape index (κ1) is 24.7.